The number of para-hydroxylation sites is 1. The average Bonchev–Trinajstić information content (AvgIpc) is 3.25. The first kappa shape index (κ1) is 15.3. The summed E-state index contributed by atoms with van der Waals surface area (Å²) in [6.07, 6.45) is 2.28. The minimum atomic E-state index is 0.266. The SMILES string of the molecule is Nc1nccc(Cc2sccc2-c2nnc(Nc3ccccc3)o2)n1. The maximum Gasteiger partial charge on any atom is 0.320 e. The molecule has 4 rings (SSSR count). The number of hydrogen-bond acceptors (Lipinski definition) is 8. The van der Waals surface area contributed by atoms with Gasteiger partial charge in [-0.25, -0.2) is 9.97 Å². The Morgan fingerprint density at radius 2 is 1.96 bits per heavy atom. The monoisotopic (exact) mass is 350 g/mol. The lowest BCUT2D eigenvalue weighted by Crippen LogP contribution is -1.98. The van der Waals surface area contributed by atoms with E-state index >= 15 is 0 Å². The van der Waals surface area contributed by atoms with Crippen LogP contribution in [0.3, 0.4) is 0 Å². The van der Waals surface area contributed by atoms with Crippen LogP contribution in [0.5, 0.6) is 0 Å². The molecule has 0 spiro atoms. The molecule has 0 saturated carbocycles. The molecule has 8 heteroatoms. The largest absolute Gasteiger partial charge is 0.403 e. The molecule has 1 aromatic carbocycles. The number of benzene rings is 1. The molecule has 0 saturated heterocycles. The Morgan fingerprint density at radius 3 is 2.80 bits per heavy atom. The van der Waals surface area contributed by atoms with Crippen LogP contribution in [0.1, 0.15) is 10.6 Å². The number of hydrogen-bond donors (Lipinski definition) is 2. The molecule has 3 heterocycles. The van der Waals surface area contributed by atoms with E-state index in [4.69, 9.17) is 10.2 Å². The molecule has 4 aromatic rings. The van der Waals surface area contributed by atoms with Gasteiger partial charge in [0.25, 0.3) is 5.89 Å². The van der Waals surface area contributed by atoms with Crippen molar-refractivity contribution in [2.45, 2.75) is 6.42 Å². The summed E-state index contributed by atoms with van der Waals surface area (Å²) >= 11 is 1.61. The third kappa shape index (κ3) is 3.48. The van der Waals surface area contributed by atoms with E-state index in [2.05, 4.69) is 25.5 Å². The summed E-state index contributed by atoms with van der Waals surface area (Å²) in [4.78, 5) is 9.23. The van der Waals surface area contributed by atoms with E-state index in [0.717, 1.165) is 21.8 Å². The molecule has 3 N–H and O–H groups in total. The lowest BCUT2D eigenvalue weighted by atomic mass is 10.2. The average molecular weight is 350 g/mol. The summed E-state index contributed by atoms with van der Waals surface area (Å²) in [5, 5.41) is 13.3. The number of nitrogens with zero attached hydrogens (tertiary/aromatic N) is 4. The fourth-order valence-electron chi connectivity index (χ4n) is 2.37. The molecule has 0 atom stereocenters. The molecule has 7 nitrogen and oxygen atoms in total. The van der Waals surface area contributed by atoms with Crippen molar-refractivity contribution >= 4 is 29.0 Å². The minimum absolute atomic E-state index is 0.266. The predicted molar refractivity (Wildman–Crippen MR) is 96.6 cm³/mol. The van der Waals surface area contributed by atoms with E-state index in [9.17, 15) is 0 Å². The number of nitrogens with one attached hydrogen (secondary N) is 1. The summed E-state index contributed by atoms with van der Waals surface area (Å²) in [7, 11) is 0. The van der Waals surface area contributed by atoms with Crippen LogP contribution < -0.4 is 11.1 Å². The first-order valence-corrected chi connectivity index (χ1v) is 8.45. The molecule has 25 heavy (non-hydrogen) atoms. The highest BCUT2D eigenvalue weighted by atomic mass is 32.1. The molecule has 0 unspecified atom stereocenters. The predicted octanol–water partition coefficient (Wildman–Crippen LogP) is 3.50. The normalized spacial score (nSPS) is 10.7. The molecule has 0 bridgehead atoms. The summed E-state index contributed by atoms with van der Waals surface area (Å²) in [5.41, 5.74) is 8.28. The van der Waals surface area contributed by atoms with Gasteiger partial charge in [-0.05, 0) is 29.6 Å². The molecular formula is C17H14N6OS. The molecule has 0 aliphatic heterocycles. The highest BCUT2D eigenvalue weighted by Gasteiger charge is 2.15. The lowest BCUT2D eigenvalue weighted by Gasteiger charge is -2.01. The molecule has 0 amide bonds. The maximum atomic E-state index is 5.75. The minimum Gasteiger partial charge on any atom is -0.403 e. The van der Waals surface area contributed by atoms with Crippen molar-refractivity contribution in [1.82, 2.24) is 20.2 Å². The van der Waals surface area contributed by atoms with Crippen LogP contribution in [-0.2, 0) is 6.42 Å². The number of rotatable bonds is 5. The third-order valence-corrected chi connectivity index (χ3v) is 4.42. The van der Waals surface area contributed by atoms with E-state index < -0.39 is 0 Å². The Bertz CT molecular complexity index is 981. The van der Waals surface area contributed by atoms with Crippen molar-refractivity contribution in [3.05, 3.63) is 64.6 Å². The standard InChI is InChI=1S/C17H14N6OS/c18-16-19-8-6-12(20-16)10-14-13(7-9-25-14)15-22-23-17(24-15)21-11-4-2-1-3-5-11/h1-9H,10H2,(H,21,23)(H2,18,19,20). The fourth-order valence-corrected chi connectivity index (χ4v) is 3.25. The van der Waals surface area contributed by atoms with Gasteiger partial charge in [0.1, 0.15) is 0 Å². The number of anilines is 3. The van der Waals surface area contributed by atoms with Crippen molar-refractivity contribution in [2.75, 3.05) is 11.1 Å². The summed E-state index contributed by atoms with van der Waals surface area (Å²) in [6.45, 7) is 0. The molecule has 0 fully saturated rings. The van der Waals surface area contributed by atoms with E-state index in [0.29, 0.717) is 18.3 Å². The Morgan fingerprint density at radius 1 is 1.08 bits per heavy atom. The quantitative estimate of drug-likeness (QED) is 0.568. The smallest absolute Gasteiger partial charge is 0.320 e. The highest BCUT2D eigenvalue weighted by Crippen LogP contribution is 2.30. The van der Waals surface area contributed by atoms with Crippen molar-refractivity contribution in [1.29, 1.82) is 0 Å². The molecule has 0 aliphatic rings. The van der Waals surface area contributed by atoms with Crippen molar-refractivity contribution in [3.63, 3.8) is 0 Å². The number of aromatic nitrogens is 4. The van der Waals surface area contributed by atoms with Crippen molar-refractivity contribution < 1.29 is 4.42 Å². The molecule has 3 aromatic heterocycles. The zero-order valence-corrected chi connectivity index (χ0v) is 13.9. The van der Waals surface area contributed by atoms with Crippen molar-refractivity contribution in [2.24, 2.45) is 0 Å². The Balaban J connectivity index is 1.56. The summed E-state index contributed by atoms with van der Waals surface area (Å²) < 4.78 is 5.75. The van der Waals surface area contributed by atoms with Gasteiger partial charge in [0.05, 0.1) is 11.3 Å². The number of thiophene rings is 1. The topological polar surface area (TPSA) is 103 Å². The van der Waals surface area contributed by atoms with Gasteiger partial charge in [-0.3, -0.25) is 0 Å². The van der Waals surface area contributed by atoms with Gasteiger partial charge in [-0.15, -0.1) is 16.4 Å². The maximum absolute atomic E-state index is 5.75. The summed E-state index contributed by atoms with van der Waals surface area (Å²) in [5.74, 6) is 0.736. The van der Waals surface area contributed by atoms with Crippen LogP contribution in [0.25, 0.3) is 11.5 Å². The van der Waals surface area contributed by atoms with Crippen LogP contribution in [0.4, 0.5) is 17.7 Å². The zero-order valence-electron chi connectivity index (χ0n) is 13.1. The zero-order chi connectivity index (χ0) is 17.1. The Labute approximate surface area is 147 Å². The van der Waals surface area contributed by atoms with Crippen LogP contribution in [0.2, 0.25) is 0 Å². The summed E-state index contributed by atoms with van der Waals surface area (Å²) in [6, 6.07) is 13.8. The van der Waals surface area contributed by atoms with Crippen LogP contribution in [0, 0.1) is 0 Å². The fraction of sp³-hybridized carbons (Fsp3) is 0.0588. The molecule has 0 aliphatic carbocycles. The first-order valence-electron chi connectivity index (χ1n) is 7.57. The molecular weight excluding hydrogens is 336 g/mol. The van der Waals surface area contributed by atoms with Gasteiger partial charge >= 0.3 is 6.01 Å². The van der Waals surface area contributed by atoms with Crippen molar-refractivity contribution in [3.8, 4) is 11.5 Å². The Kier molecular flexibility index (Phi) is 4.09. The van der Waals surface area contributed by atoms with E-state index in [1.165, 1.54) is 0 Å². The van der Waals surface area contributed by atoms with Gasteiger partial charge in [0, 0.05) is 23.2 Å². The third-order valence-electron chi connectivity index (χ3n) is 3.50. The second-order valence-electron chi connectivity index (χ2n) is 5.24. The van der Waals surface area contributed by atoms with E-state index in [1.807, 2.05) is 47.8 Å². The second-order valence-corrected chi connectivity index (χ2v) is 6.24. The first-order chi connectivity index (χ1) is 12.3. The van der Waals surface area contributed by atoms with E-state index in [-0.39, 0.29) is 5.95 Å². The van der Waals surface area contributed by atoms with Gasteiger partial charge < -0.3 is 15.5 Å². The van der Waals surface area contributed by atoms with Gasteiger partial charge in [0.15, 0.2) is 0 Å². The van der Waals surface area contributed by atoms with E-state index in [1.54, 1.807) is 17.5 Å². The van der Waals surface area contributed by atoms with Gasteiger partial charge in [0.2, 0.25) is 5.95 Å². The lowest BCUT2D eigenvalue weighted by molar-refractivity contribution is 0.587. The van der Waals surface area contributed by atoms with Gasteiger partial charge in [-0.1, -0.05) is 23.3 Å². The highest BCUT2D eigenvalue weighted by molar-refractivity contribution is 7.10. The number of nitrogen functional groups attached to an aromatic ring is 1. The molecule has 124 valence electrons. The van der Waals surface area contributed by atoms with Gasteiger partial charge in [-0.2, -0.15) is 0 Å². The molecule has 0 radical (unpaired) electrons. The van der Waals surface area contributed by atoms with Crippen LogP contribution >= 0.6 is 11.3 Å². The van der Waals surface area contributed by atoms with Crippen LogP contribution in [0.15, 0.2) is 58.5 Å². The van der Waals surface area contributed by atoms with Crippen LogP contribution in [-0.4, -0.2) is 20.2 Å². The number of nitrogens with two attached hydrogens (primary N) is 1. The Hall–Kier alpha value is -3.26. The second kappa shape index (κ2) is 6.70.